The van der Waals surface area contributed by atoms with Gasteiger partial charge in [0, 0.05) is 6.42 Å². The zero-order valence-corrected chi connectivity index (χ0v) is 19.9. The summed E-state index contributed by atoms with van der Waals surface area (Å²) >= 11 is 0. The molecule has 2 bridgehead atoms. The van der Waals surface area contributed by atoms with E-state index in [1.54, 1.807) is 0 Å². The number of esters is 1. The molecule has 0 aliphatic heterocycles. The zero-order chi connectivity index (χ0) is 22.8. The third-order valence-electron chi connectivity index (χ3n) is 8.31. The molecule has 0 heterocycles. The zero-order valence-electron chi connectivity index (χ0n) is 19.9. The van der Waals surface area contributed by atoms with E-state index < -0.39 is 0 Å². The Morgan fingerprint density at radius 3 is 2.41 bits per heavy atom. The van der Waals surface area contributed by atoms with Crippen LogP contribution in [0.25, 0.3) is 0 Å². The Morgan fingerprint density at radius 2 is 1.72 bits per heavy atom. The van der Waals surface area contributed by atoms with E-state index in [9.17, 15) is 4.79 Å². The van der Waals surface area contributed by atoms with Crippen LogP contribution in [0.2, 0.25) is 0 Å². The fraction of sp³-hybridized carbons (Fsp3) is 0.536. The van der Waals surface area contributed by atoms with Crippen molar-refractivity contribution in [2.24, 2.45) is 16.7 Å². The van der Waals surface area contributed by atoms with E-state index in [4.69, 9.17) is 14.2 Å². The number of benzene rings is 2. The molecule has 4 heteroatoms. The molecule has 2 aliphatic carbocycles. The van der Waals surface area contributed by atoms with Crippen molar-refractivity contribution in [2.45, 2.75) is 72.2 Å². The van der Waals surface area contributed by atoms with Gasteiger partial charge < -0.3 is 14.2 Å². The molecule has 0 N–H and O–H groups in total. The average Bonchev–Trinajstić information content (AvgIpc) is 3.14. The van der Waals surface area contributed by atoms with Gasteiger partial charge in [-0.15, -0.1) is 0 Å². The van der Waals surface area contributed by atoms with Gasteiger partial charge in [-0.1, -0.05) is 57.2 Å². The molecule has 4 rings (SSSR count). The monoisotopic (exact) mass is 436 g/mol. The third-order valence-corrected chi connectivity index (χ3v) is 8.31. The number of carbonyl (C=O) groups is 1. The molecule has 2 aliphatic rings. The topological polar surface area (TPSA) is 44.8 Å². The summed E-state index contributed by atoms with van der Waals surface area (Å²) in [5.74, 6) is 1.41. The Kier molecular flexibility index (Phi) is 6.62. The van der Waals surface area contributed by atoms with Crippen LogP contribution in [0.4, 0.5) is 0 Å². The number of fused-ring (bicyclic) bond motifs is 2. The predicted molar refractivity (Wildman–Crippen MR) is 125 cm³/mol. The lowest BCUT2D eigenvalue weighted by Gasteiger charge is -2.39. The lowest BCUT2D eigenvalue weighted by molar-refractivity contribution is -0.140. The smallest absolute Gasteiger partial charge is 0.305 e. The molecule has 2 aromatic carbocycles. The molecule has 4 nitrogen and oxygen atoms in total. The largest absolute Gasteiger partial charge is 0.489 e. The second-order valence-electron chi connectivity index (χ2n) is 10.2. The standard InChI is InChI=1S/C28H36O4/c1-27(2)23-13-14-28(27,3)25(17-23)32-19-22-9-5-8-21(15-22)18-31-24-10-6-7-20(16-24)11-12-26(29)30-4/h5-10,15-16,23,25H,11-14,17-19H2,1-4H3/t23-,25+,28+/m0/s1. The van der Waals surface area contributed by atoms with Gasteiger partial charge in [-0.2, -0.15) is 0 Å². The van der Waals surface area contributed by atoms with Gasteiger partial charge >= 0.3 is 5.97 Å². The van der Waals surface area contributed by atoms with Gasteiger partial charge in [-0.3, -0.25) is 4.79 Å². The molecule has 2 aromatic rings. The van der Waals surface area contributed by atoms with Crippen LogP contribution in [0.5, 0.6) is 5.75 Å². The molecule has 0 aromatic heterocycles. The van der Waals surface area contributed by atoms with Crippen molar-refractivity contribution in [3.8, 4) is 5.75 Å². The number of ether oxygens (including phenoxy) is 3. The summed E-state index contributed by atoms with van der Waals surface area (Å²) in [7, 11) is 1.42. The number of hydrogen-bond donors (Lipinski definition) is 0. The van der Waals surface area contributed by atoms with Crippen LogP contribution in [0.3, 0.4) is 0 Å². The third kappa shape index (κ3) is 4.56. The van der Waals surface area contributed by atoms with E-state index in [2.05, 4.69) is 45.0 Å². The highest BCUT2D eigenvalue weighted by molar-refractivity contribution is 5.69. The molecule has 0 radical (unpaired) electrons. The summed E-state index contributed by atoms with van der Waals surface area (Å²) < 4.78 is 17.2. The Balaban J connectivity index is 1.31. The van der Waals surface area contributed by atoms with Gasteiger partial charge in [0.2, 0.25) is 0 Å². The highest BCUT2D eigenvalue weighted by Gasteiger charge is 2.61. The maximum atomic E-state index is 11.4. The van der Waals surface area contributed by atoms with Crippen molar-refractivity contribution in [2.75, 3.05) is 7.11 Å². The molecule has 2 fully saturated rings. The summed E-state index contributed by atoms with van der Waals surface area (Å²) in [5, 5.41) is 0. The van der Waals surface area contributed by atoms with Gasteiger partial charge in [-0.25, -0.2) is 0 Å². The van der Waals surface area contributed by atoms with E-state index in [1.807, 2.05) is 24.3 Å². The molecular weight excluding hydrogens is 400 g/mol. The number of carbonyl (C=O) groups excluding carboxylic acids is 1. The van der Waals surface area contributed by atoms with Crippen molar-refractivity contribution >= 4 is 5.97 Å². The van der Waals surface area contributed by atoms with Gasteiger partial charge in [0.15, 0.2) is 0 Å². The number of aryl methyl sites for hydroxylation is 1. The minimum absolute atomic E-state index is 0.196. The van der Waals surface area contributed by atoms with Crippen LogP contribution in [0.1, 0.15) is 63.1 Å². The van der Waals surface area contributed by atoms with Gasteiger partial charge in [0.1, 0.15) is 12.4 Å². The van der Waals surface area contributed by atoms with Crippen LogP contribution >= 0.6 is 0 Å². The molecule has 0 spiro atoms. The van der Waals surface area contributed by atoms with Gasteiger partial charge in [0.25, 0.3) is 0 Å². The summed E-state index contributed by atoms with van der Waals surface area (Å²) in [5.41, 5.74) is 4.06. The second-order valence-corrected chi connectivity index (χ2v) is 10.2. The summed E-state index contributed by atoms with van der Waals surface area (Å²) in [6.45, 7) is 8.44. The lowest BCUT2D eigenvalue weighted by atomic mass is 9.70. The Hall–Kier alpha value is -2.33. The summed E-state index contributed by atoms with van der Waals surface area (Å²) in [6, 6.07) is 16.4. The fourth-order valence-corrected chi connectivity index (χ4v) is 5.69. The fourth-order valence-electron chi connectivity index (χ4n) is 5.69. The molecule has 172 valence electrons. The van der Waals surface area contributed by atoms with Crippen molar-refractivity contribution in [3.63, 3.8) is 0 Å². The van der Waals surface area contributed by atoms with Crippen molar-refractivity contribution in [3.05, 3.63) is 65.2 Å². The molecule has 0 saturated heterocycles. The molecule has 0 amide bonds. The van der Waals surface area contributed by atoms with E-state index >= 15 is 0 Å². The first kappa shape index (κ1) is 22.8. The number of hydrogen-bond acceptors (Lipinski definition) is 4. The summed E-state index contributed by atoms with van der Waals surface area (Å²) in [4.78, 5) is 11.4. The first-order valence-electron chi connectivity index (χ1n) is 11.8. The molecular formula is C28H36O4. The number of rotatable bonds is 9. The highest BCUT2D eigenvalue weighted by atomic mass is 16.5. The maximum absolute atomic E-state index is 11.4. The van der Waals surface area contributed by atoms with Gasteiger partial charge in [-0.05, 0) is 71.3 Å². The van der Waals surface area contributed by atoms with Crippen molar-refractivity contribution in [1.82, 2.24) is 0 Å². The average molecular weight is 437 g/mol. The first-order valence-corrected chi connectivity index (χ1v) is 11.8. The first-order chi connectivity index (χ1) is 15.3. The second kappa shape index (κ2) is 9.27. The van der Waals surface area contributed by atoms with E-state index in [-0.39, 0.29) is 11.4 Å². The summed E-state index contributed by atoms with van der Waals surface area (Å²) in [6.07, 6.45) is 5.19. The van der Waals surface area contributed by atoms with E-state index in [0.29, 0.717) is 37.6 Å². The number of methoxy groups -OCH3 is 1. The van der Waals surface area contributed by atoms with Crippen molar-refractivity contribution < 1.29 is 19.0 Å². The minimum atomic E-state index is -0.196. The molecule has 2 saturated carbocycles. The maximum Gasteiger partial charge on any atom is 0.305 e. The van der Waals surface area contributed by atoms with Gasteiger partial charge in [0.05, 0.1) is 19.8 Å². The van der Waals surface area contributed by atoms with E-state index in [0.717, 1.165) is 22.8 Å². The van der Waals surface area contributed by atoms with E-state index in [1.165, 1.54) is 31.9 Å². The molecule has 0 unspecified atom stereocenters. The van der Waals surface area contributed by atoms with Crippen LogP contribution in [0.15, 0.2) is 48.5 Å². The molecule has 32 heavy (non-hydrogen) atoms. The Bertz CT molecular complexity index is 950. The van der Waals surface area contributed by atoms with Crippen LogP contribution in [-0.2, 0) is 33.9 Å². The Labute approximate surface area is 192 Å². The SMILES string of the molecule is COC(=O)CCc1cccc(OCc2cccc(CO[C@@H]3C[C@@H]4CC[C@@]3(C)C4(C)C)c2)c1. The van der Waals surface area contributed by atoms with Crippen molar-refractivity contribution in [1.29, 1.82) is 0 Å². The molecule has 3 atom stereocenters. The van der Waals surface area contributed by atoms with Crippen LogP contribution in [-0.4, -0.2) is 19.2 Å². The predicted octanol–water partition coefficient (Wildman–Crippen LogP) is 6.10. The van der Waals surface area contributed by atoms with Crippen LogP contribution < -0.4 is 4.74 Å². The Morgan fingerprint density at radius 1 is 1.00 bits per heavy atom. The normalized spacial score (nSPS) is 25.6. The quantitative estimate of drug-likeness (QED) is 0.445. The van der Waals surface area contributed by atoms with Crippen LogP contribution in [0, 0.1) is 16.7 Å². The minimum Gasteiger partial charge on any atom is -0.489 e. The highest BCUT2D eigenvalue weighted by Crippen LogP contribution is 2.66. The lowest BCUT2D eigenvalue weighted by Crippen LogP contribution is -2.37.